The van der Waals surface area contributed by atoms with Crippen molar-refractivity contribution in [2.24, 2.45) is 0 Å². The van der Waals surface area contributed by atoms with E-state index in [0.717, 1.165) is 25.0 Å². The largest absolute Gasteiger partial charge is 0.478 e. The molecule has 0 heterocycles. The molecule has 0 aromatic heterocycles. The van der Waals surface area contributed by atoms with Crippen molar-refractivity contribution in [1.82, 2.24) is 5.23 Å². The number of hydrogen-bond donors (Lipinski definition) is 6. The van der Waals surface area contributed by atoms with Gasteiger partial charge in [0, 0.05) is 0 Å². The third-order valence-electron chi connectivity index (χ3n) is 3.44. The number of carboxylic acid groups (broad SMARTS) is 4. The molecule has 0 unspecified atom stereocenters. The molecule has 13 heteroatoms. The molecule has 1 aromatic rings. The van der Waals surface area contributed by atoms with Crippen LogP contribution in [-0.2, 0) is 9.68 Å². The first-order valence-electron chi connectivity index (χ1n) is 8.97. The van der Waals surface area contributed by atoms with Gasteiger partial charge in [0.2, 0.25) is 0 Å². The summed E-state index contributed by atoms with van der Waals surface area (Å²) in [4.78, 5) is 53.5. The Bertz CT molecular complexity index is 694. The Balaban J connectivity index is 0.000000615. The number of aliphatic hydroxyl groups is 2. The summed E-state index contributed by atoms with van der Waals surface area (Å²) < 4.78 is 0. The fraction of sp³-hybridized carbons (Fsp3) is 0.444. The Morgan fingerprint density at radius 3 is 1.42 bits per heavy atom. The number of aromatic carboxylic acids is 4. The summed E-state index contributed by atoms with van der Waals surface area (Å²) in [6, 6.07) is 1.48. The third-order valence-corrected chi connectivity index (χ3v) is 3.44. The Morgan fingerprint density at radius 1 is 0.774 bits per heavy atom. The highest BCUT2D eigenvalue weighted by Gasteiger charge is 2.29. The van der Waals surface area contributed by atoms with Gasteiger partial charge in [-0.05, 0) is 18.6 Å². The van der Waals surface area contributed by atoms with Crippen molar-refractivity contribution in [2.45, 2.75) is 19.8 Å². The van der Waals surface area contributed by atoms with Crippen molar-refractivity contribution >= 4 is 23.9 Å². The van der Waals surface area contributed by atoms with Crippen LogP contribution >= 0.6 is 0 Å². The summed E-state index contributed by atoms with van der Waals surface area (Å²) in [6.07, 6.45) is 2.00. The van der Waals surface area contributed by atoms with Crippen LogP contribution in [0.4, 0.5) is 0 Å². The van der Waals surface area contributed by atoms with Gasteiger partial charge >= 0.3 is 23.9 Å². The third kappa shape index (κ3) is 9.50. The maximum Gasteiger partial charge on any atom is 0.337 e. The molecule has 13 nitrogen and oxygen atoms in total. The van der Waals surface area contributed by atoms with E-state index in [9.17, 15) is 19.2 Å². The van der Waals surface area contributed by atoms with Gasteiger partial charge in [0.1, 0.15) is 0 Å². The lowest BCUT2D eigenvalue weighted by molar-refractivity contribution is -0.371. The maximum atomic E-state index is 10.9. The zero-order chi connectivity index (χ0) is 24.0. The highest BCUT2D eigenvalue weighted by Crippen LogP contribution is 2.20. The second-order valence-electron chi connectivity index (χ2n) is 5.65. The lowest BCUT2D eigenvalue weighted by Gasteiger charge is -2.19. The van der Waals surface area contributed by atoms with E-state index < -0.39 is 46.1 Å². The molecule has 1 aromatic carbocycles. The number of aliphatic hydroxyl groups excluding tert-OH is 2. The first-order chi connectivity index (χ1) is 14.6. The van der Waals surface area contributed by atoms with Crippen LogP contribution in [0, 0.1) is 0 Å². The smallest absolute Gasteiger partial charge is 0.337 e. The fourth-order valence-corrected chi connectivity index (χ4v) is 2.14. The molecule has 0 aliphatic rings. The Morgan fingerprint density at radius 2 is 1.16 bits per heavy atom. The first-order valence-corrected chi connectivity index (χ1v) is 8.97. The van der Waals surface area contributed by atoms with Gasteiger partial charge in [0.05, 0.1) is 55.2 Å². The Hall–Kier alpha value is -3.10. The minimum atomic E-state index is -1.83. The van der Waals surface area contributed by atoms with E-state index in [1.165, 1.54) is 5.23 Å². The lowest BCUT2D eigenvalue weighted by atomic mass is 9.95. The monoisotopic (exact) mass is 447 g/mol. The average Bonchev–Trinajstić information content (AvgIpc) is 2.72. The van der Waals surface area contributed by atoms with Gasteiger partial charge in [-0.1, -0.05) is 18.6 Å². The summed E-state index contributed by atoms with van der Waals surface area (Å²) >= 11 is 0. The molecule has 0 saturated heterocycles. The molecule has 0 amide bonds. The van der Waals surface area contributed by atoms with E-state index >= 15 is 0 Å². The summed E-state index contributed by atoms with van der Waals surface area (Å²) in [6.45, 7) is 3.08. The van der Waals surface area contributed by atoms with Gasteiger partial charge in [-0.3, -0.25) is 9.68 Å². The van der Waals surface area contributed by atoms with Crippen molar-refractivity contribution in [3.63, 3.8) is 0 Å². The number of unbranched alkanes of at least 4 members (excludes halogenated alkanes) is 1. The predicted octanol–water partition coefficient (Wildman–Crippen LogP) is 0.416. The summed E-state index contributed by atoms with van der Waals surface area (Å²) in [5, 5.41) is 53.5. The van der Waals surface area contributed by atoms with Gasteiger partial charge in [-0.15, -0.1) is 0 Å². The summed E-state index contributed by atoms with van der Waals surface area (Å²) in [7, 11) is 0. The van der Waals surface area contributed by atoms with E-state index in [0.29, 0.717) is 6.54 Å². The Kier molecular flexibility index (Phi) is 13.3. The zero-order valence-electron chi connectivity index (χ0n) is 16.7. The van der Waals surface area contributed by atoms with E-state index in [4.69, 9.17) is 40.3 Å². The number of benzene rings is 1. The van der Waals surface area contributed by atoms with Crippen LogP contribution in [0.1, 0.15) is 61.2 Å². The minimum absolute atomic E-state index is 0.0366. The molecule has 1 rings (SSSR count). The van der Waals surface area contributed by atoms with Crippen LogP contribution in [-0.4, -0.2) is 92.7 Å². The van der Waals surface area contributed by atoms with Crippen LogP contribution in [0.2, 0.25) is 0 Å². The molecule has 174 valence electrons. The molecular weight excluding hydrogens is 422 g/mol. The number of carboxylic acids is 4. The van der Waals surface area contributed by atoms with Crippen molar-refractivity contribution in [3.8, 4) is 0 Å². The van der Waals surface area contributed by atoms with Crippen molar-refractivity contribution in [3.05, 3.63) is 34.4 Å². The van der Waals surface area contributed by atoms with Crippen LogP contribution in [0.5, 0.6) is 0 Å². The van der Waals surface area contributed by atoms with Gasteiger partial charge in [0.15, 0.2) is 0 Å². The van der Waals surface area contributed by atoms with Gasteiger partial charge < -0.3 is 30.6 Å². The average molecular weight is 447 g/mol. The second-order valence-corrected chi connectivity index (χ2v) is 5.65. The quantitative estimate of drug-likeness (QED) is 0.226. The second kappa shape index (κ2) is 14.8. The standard InChI is InChI=1S/C10H6O8.C8H19NO4/c11-7(12)3-1-2-4(8(13)14)6(10(17)18)5(3)9(15)16;1-2-3-4-9(12-7-5-10)13-8-6-11/h1-2H,(H,11,12)(H,13,14)(H,15,16)(H,17,18);10-11H,2-8H2,1H3. The minimum Gasteiger partial charge on any atom is -0.478 e. The number of nitrogens with zero attached hydrogens (tertiary/aromatic N) is 1. The van der Waals surface area contributed by atoms with Crippen molar-refractivity contribution in [1.29, 1.82) is 0 Å². The predicted molar refractivity (Wildman–Crippen MR) is 102 cm³/mol. The molecule has 0 aliphatic carbocycles. The van der Waals surface area contributed by atoms with Gasteiger partial charge in [0.25, 0.3) is 0 Å². The fourth-order valence-electron chi connectivity index (χ4n) is 2.14. The van der Waals surface area contributed by atoms with E-state index in [-0.39, 0.29) is 26.4 Å². The van der Waals surface area contributed by atoms with Crippen molar-refractivity contribution in [2.75, 3.05) is 33.0 Å². The molecular formula is C18H25NO12. The summed E-state index contributed by atoms with van der Waals surface area (Å²) in [5.74, 6) is -6.97. The number of hydroxylamine groups is 2. The van der Waals surface area contributed by atoms with Crippen LogP contribution < -0.4 is 0 Å². The molecule has 6 N–H and O–H groups in total. The number of carbonyl (C=O) groups is 4. The van der Waals surface area contributed by atoms with Gasteiger partial charge in [-0.25, -0.2) is 19.2 Å². The highest BCUT2D eigenvalue weighted by atomic mass is 16.9. The van der Waals surface area contributed by atoms with E-state index in [2.05, 4.69) is 6.92 Å². The maximum absolute atomic E-state index is 10.9. The molecule has 0 saturated carbocycles. The topological polar surface area (TPSA) is 211 Å². The molecule has 0 aliphatic heterocycles. The number of rotatable bonds is 13. The van der Waals surface area contributed by atoms with Crippen LogP contribution in [0.25, 0.3) is 0 Å². The van der Waals surface area contributed by atoms with E-state index in [1.54, 1.807) is 0 Å². The van der Waals surface area contributed by atoms with Crippen LogP contribution in [0.15, 0.2) is 12.1 Å². The Labute approximate surface area is 176 Å². The SMILES string of the molecule is CCCCN(OCCO)OCCO.O=C(O)c1ccc(C(=O)O)c(C(=O)O)c1C(=O)O. The normalized spacial score (nSPS) is 10.3. The van der Waals surface area contributed by atoms with E-state index in [1.807, 2.05) is 0 Å². The molecule has 0 bridgehead atoms. The molecule has 0 spiro atoms. The number of hydrogen-bond acceptors (Lipinski definition) is 9. The molecule has 31 heavy (non-hydrogen) atoms. The van der Waals surface area contributed by atoms with Crippen molar-refractivity contribution < 1.29 is 59.5 Å². The van der Waals surface area contributed by atoms with Crippen LogP contribution in [0.3, 0.4) is 0 Å². The highest BCUT2D eigenvalue weighted by molar-refractivity contribution is 6.13. The van der Waals surface area contributed by atoms with Gasteiger partial charge in [-0.2, -0.15) is 0 Å². The first kappa shape index (κ1) is 27.9. The molecule has 0 radical (unpaired) electrons. The summed E-state index contributed by atoms with van der Waals surface area (Å²) in [5.41, 5.74) is -3.69. The zero-order valence-corrected chi connectivity index (χ0v) is 16.7. The lowest BCUT2D eigenvalue weighted by Crippen LogP contribution is -2.28. The molecule has 0 fully saturated rings. The molecule has 0 atom stereocenters.